The van der Waals surface area contributed by atoms with Gasteiger partial charge in [0.25, 0.3) is 0 Å². The highest BCUT2D eigenvalue weighted by Crippen LogP contribution is 2.40. The first-order chi connectivity index (χ1) is 14.0. The molecule has 0 spiro atoms. The summed E-state index contributed by atoms with van der Waals surface area (Å²) >= 11 is 0. The zero-order valence-corrected chi connectivity index (χ0v) is 17.1. The number of anilines is 1. The van der Waals surface area contributed by atoms with Crippen LogP contribution in [-0.4, -0.2) is 52.3 Å². The number of methoxy groups -OCH3 is 2. The Labute approximate surface area is 171 Å². The van der Waals surface area contributed by atoms with Crippen LogP contribution in [0.2, 0.25) is 0 Å². The first-order valence-electron chi connectivity index (χ1n) is 9.00. The number of nitrogens with one attached hydrogen (secondary N) is 1. The number of carbonyl (C=O) groups is 1. The van der Waals surface area contributed by atoms with Crippen LogP contribution in [0.15, 0.2) is 42.5 Å². The number of amides is 1. The van der Waals surface area contributed by atoms with E-state index in [0.717, 1.165) is 6.54 Å². The van der Waals surface area contributed by atoms with Crippen molar-refractivity contribution in [1.82, 2.24) is 4.90 Å². The lowest BCUT2D eigenvalue weighted by Gasteiger charge is -2.17. The molecule has 0 aliphatic carbocycles. The van der Waals surface area contributed by atoms with Crippen LogP contribution < -0.4 is 19.5 Å². The number of ether oxygens (including phenoxy) is 3. The molecule has 0 heterocycles. The molecule has 2 aromatic rings. The number of nitriles is 1. The van der Waals surface area contributed by atoms with E-state index in [9.17, 15) is 4.79 Å². The van der Waals surface area contributed by atoms with E-state index in [-0.39, 0.29) is 5.91 Å². The summed E-state index contributed by atoms with van der Waals surface area (Å²) in [6.07, 6.45) is 3.07. The van der Waals surface area contributed by atoms with Crippen LogP contribution in [0.1, 0.15) is 11.1 Å². The average Bonchev–Trinajstić information content (AvgIpc) is 2.72. The zero-order valence-electron chi connectivity index (χ0n) is 17.1. The molecule has 2 rings (SSSR count). The molecule has 0 saturated carbocycles. The smallest absolute Gasteiger partial charge is 0.248 e. The minimum absolute atomic E-state index is 0.302. The molecule has 7 heteroatoms. The van der Waals surface area contributed by atoms with E-state index in [1.807, 2.05) is 25.1 Å². The van der Waals surface area contributed by atoms with Gasteiger partial charge in [-0.3, -0.25) is 4.79 Å². The molecule has 152 valence electrons. The minimum Gasteiger partial charge on any atom is -0.493 e. The molecule has 0 fully saturated rings. The molecular formula is C22H25N3O4. The van der Waals surface area contributed by atoms with Gasteiger partial charge in [-0.1, -0.05) is 0 Å². The molecule has 1 N–H and O–H groups in total. The Hall–Kier alpha value is -3.50. The lowest BCUT2D eigenvalue weighted by Crippen LogP contribution is -2.19. The Morgan fingerprint density at radius 3 is 2.41 bits per heavy atom. The number of carbonyl (C=O) groups excluding carboxylic acids is 1. The molecule has 0 aromatic heterocycles. The third-order valence-corrected chi connectivity index (χ3v) is 4.01. The van der Waals surface area contributed by atoms with Gasteiger partial charge in [0.1, 0.15) is 6.61 Å². The molecule has 0 bridgehead atoms. The maximum Gasteiger partial charge on any atom is 0.248 e. The Morgan fingerprint density at radius 2 is 1.83 bits per heavy atom. The second-order valence-corrected chi connectivity index (χ2v) is 6.38. The number of rotatable bonds is 9. The lowest BCUT2D eigenvalue weighted by molar-refractivity contribution is -0.111. The average molecular weight is 395 g/mol. The molecule has 0 radical (unpaired) electrons. The summed E-state index contributed by atoms with van der Waals surface area (Å²) in [6.45, 7) is 1.18. The van der Waals surface area contributed by atoms with E-state index in [0.29, 0.717) is 40.7 Å². The number of nitrogens with zero attached hydrogens (tertiary/aromatic N) is 2. The monoisotopic (exact) mass is 395 g/mol. The second kappa shape index (κ2) is 10.7. The fraction of sp³-hybridized carbons (Fsp3) is 0.273. The number of likely N-dealkylation sites (N-methyl/N-ethyl adjacent to an activating group) is 1. The van der Waals surface area contributed by atoms with Gasteiger partial charge in [-0.2, -0.15) is 5.26 Å². The SMILES string of the molecule is COc1ccc(/C=C/C(=O)Nc2ccc(C#N)cc2)c(OCCN(C)C)c1OC. The van der Waals surface area contributed by atoms with E-state index in [2.05, 4.69) is 5.32 Å². The van der Waals surface area contributed by atoms with Crippen LogP contribution in [-0.2, 0) is 4.79 Å². The van der Waals surface area contributed by atoms with Crippen molar-refractivity contribution in [2.45, 2.75) is 0 Å². The van der Waals surface area contributed by atoms with Gasteiger partial charge < -0.3 is 24.4 Å². The Morgan fingerprint density at radius 1 is 1.10 bits per heavy atom. The van der Waals surface area contributed by atoms with E-state index in [1.54, 1.807) is 56.7 Å². The highest BCUT2D eigenvalue weighted by atomic mass is 16.5. The molecule has 0 aliphatic rings. The molecule has 0 unspecified atom stereocenters. The van der Waals surface area contributed by atoms with Crippen LogP contribution in [0.4, 0.5) is 5.69 Å². The standard InChI is InChI=1S/C22H25N3O4/c1-25(2)13-14-29-21-17(7-11-19(27-3)22(21)28-4)8-12-20(26)24-18-9-5-16(15-23)6-10-18/h5-12H,13-14H2,1-4H3,(H,24,26)/b12-8+. The topological polar surface area (TPSA) is 83.8 Å². The molecule has 0 atom stereocenters. The maximum absolute atomic E-state index is 12.3. The molecule has 1 amide bonds. The van der Waals surface area contributed by atoms with Crippen molar-refractivity contribution >= 4 is 17.7 Å². The van der Waals surface area contributed by atoms with Gasteiger partial charge >= 0.3 is 0 Å². The van der Waals surface area contributed by atoms with Crippen molar-refractivity contribution in [1.29, 1.82) is 5.26 Å². The molecule has 2 aromatic carbocycles. The van der Waals surface area contributed by atoms with Crippen LogP contribution in [0.3, 0.4) is 0 Å². The molecule has 0 aliphatic heterocycles. The van der Waals surface area contributed by atoms with Crippen LogP contribution in [0.5, 0.6) is 17.2 Å². The number of hydrogen-bond acceptors (Lipinski definition) is 6. The van der Waals surface area contributed by atoms with E-state index in [1.165, 1.54) is 6.08 Å². The van der Waals surface area contributed by atoms with Crippen LogP contribution in [0.25, 0.3) is 6.08 Å². The fourth-order valence-corrected chi connectivity index (χ4v) is 2.50. The van der Waals surface area contributed by atoms with Crippen molar-refractivity contribution < 1.29 is 19.0 Å². The summed E-state index contributed by atoms with van der Waals surface area (Å²) in [6, 6.07) is 12.2. The van der Waals surface area contributed by atoms with Gasteiger partial charge in [-0.15, -0.1) is 0 Å². The summed E-state index contributed by atoms with van der Waals surface area (Å²) in [4.78, 5) is 14.3. The Bertz CT molecular complexity index is 900. The summed E-state index contributed by atoms with van der Waals surface area (Å²) in [5.74, 6) is 1.23. The molecular weight excluding hydrogens is 370 g/mol. The zero-order chi connectivity index (χ0) is 21.2. The van der Waals surface area contributed by atoms with Gasteiger partial charge in [0.2, 0.25) is 11.7 Å². The van der Waals surface area contributed by atoms with Crippen LogP contribution in [0, 0.1) is 11.3 Å². The quantitative estimate of drug-likeness (QED) is 0.657. The Balaban J connectivity index is 2.20. The van der Waals surface area contributed by atoms with Gasteiger partial charge in [-0.25, -0.2) is 0 Å². The van der Waals surface area contributed by atoms with E-state index < -0.39 is 0 Å². The lowest BCUT2D eigenvalue weighted by atomic mass is 10.1. The van der Waals surface area contributed by atoms with E-state index in [4.69, 9.17) is 19.5 Å². The van der Waals surface area contributed by atoms with Gasteiger partial charge in [0.05, 0.1) is 25.9 Å². The molecule has 0 saturated heterocycles. The largest absolute Gasteiger partial charge is 0.493 e. The summed E-state index contributed by atoms with van der Waals surface area (Å²) < 4.78 is 16.7. The highest BCUT2D eigenvalue weighted by molar-refractivity contribution is 6.02. The molecule has 29 heavy (non-hydrogen) atoms. The first-order valence-corrected chi connectivity index (χ1v) is 9.00. The minimum atomic E-state index is -0.302. The highest BCUT2D eigenvalue weighted by Gasteiger charge is 2.15. The van der Waals surface area contributed by atoms with Gasteiger partial charge in [0, 0.05) is 23.9 Å². The summed E-state index contributed by atoms with van der Waals surface area (Å²) in [7, 11) is 7.02. The third-order valence-electron chi connectivity index (χ3n) is 4.01. The first kappa shape index (κ1) is 21.8. The predicted octanol–water partition coefficient (Wildman–Crippen LogP) is 3.17. The van der Waals surface area contributed by atoms with Gasteiger partial charge in [0.15, 0.2) is 11.5 Å². The third kappa shape index (κ3) is 6.26. The summed E-state index contributed by atoms with van der Waals surface area (Å²) in [5.41, 5.74) is 1.83. The van der Waals surface area contributed by atoms with Crippen molar-refractivity contribution in [3.63, 3.8) is 0 Å². The fourth-order valence-electron chi connectivity index (χ4n) is 2.50. The summed E-state index contributed by atoms with van der Waals surface area (Å²) in [5, 5.41) is 11.6. The van der Waals surface area contributed by atoms with Crippen LogP contribution >= 0.6 is 0 Å². The van der Waals surface area contributed by atoms with Gasteiger partial charge in [-0.05, 0) is 56.6 Å². The normalized spacial score (nSPS) is 10.6. The van der Waals surface area contributed by atoms with Crippen molar-refractivity contribution in [2.24, 2.45) is 0 Å². The van der Waals surface area contributed by atoms with E-state index >= 15 is 0 Å². The number of hydrogen-bond donors (Lipinski definition) is 1. The van der Waals surface area contributed by atoms with Crippen molar-refractivity contribution in [3.8, 4) is 23.3 Å². The maximum atomic E-state index is 12.3. The van der Waals surface area contributed by atoms with Crippen molar-refractivity contribution in [3.05, 3.63) is 53.6 Å². The second-order valence-electron chi connectivity index (χ2n) is 6.38. The number of benzene rings is 2. The predicted molar refractivity (Wildman–Crippen MR) is 112 cm³/mol. The molecule has 7 nitrogen and oxygen atoms in total. The Kier molecular flexibility index (Phi) is 8.07. The van der Waals surface area contributed by atoms with Crippen molar-refractivity contribution in [2.75, 3.05) is 46.8 Å².